The highest BCUT2D eigenvalue weighted by atomic mass is 16.2. The van der Waals surface area contributed by atoms with Gasteiger partial charge in [-0.05, 0) is 37.7 Å². The van der Waals surface area contributed by atoms with Crippen LogP contribution in [0.2, 0.25) is 0 Å². The largest absolute Gasteiger partial charge is 0.396 e. The summed E-state index contributed by atoms with van der Waals surface area (Å²) >= 11 is 0. The Morgan fingerprint density at radius 2 is 1.72 bits per heavy atom. The second kappa shape index (κ2) is 6.91. The van der Waals surface area contributed by atoms with E-state index in [0.29, 0.717) is 6.61 Å². The van der Waals surface area contributed by atoms with Gasteiger partial charge in [-0.1, -0.05) is 43.2 Å². The van der Waals surface area contributed by atoms with Gasteiger partial charge in [0.15, 0.2) is 0 Å². The Kier molecular flexibility index (Phi) is 5.83. The first-order valence-electron chi connectivity index (χ1n) is 6.82. The molecule has 0 spiro atoms. The number of aliphatic hydroxyl groups is 1. The number of rotatable bonds is 7. The van der Waals surface area contributed by atoms with Crippen molar-refractivity contribution in [1.82, 2.24) is 5.32 Å². The highest BCUT2D eigenvalue weighted by Gasteiger charge is 2.16. The minimum absolute atomic E-state index is 0.252. The molecule has 0 radical (unpaired) electrons. The molecule has 2 nitrogen and oxygen atoms in total. The standard InChI is InChI=1S/C16H27NO/c1-13-8-14(2)10-15(9-13)11-17-12-16(3,4)6-5-7-18/h8-10,17-18H,5-7,11-12H2,1-4H3. The summed E-state index contributed by atoms with van der Waals surface area (Å²) in [6.07, 6.45) is 1.95. The van der Waals surface area contributed by atoms with Crippen LogP contribution in [0.1, 0.15) is 43.4 Å². The first-order chi connectivity index (χ1) is 8.43. The van der Waals surface area contributed by atoms with E-state index in [4.69, 9.17) is 5.11 Å². The molecule has 0 amide bonds. The Morgan fingerprint density at radius 1 is 1.11 bits per heavy atom. The molecule has 2 N–H and O–H groups in total. The molecule has 2 heteroatoms. The summed E-state index contributed by atoms with van der Waals surface area (Å²) in [6.45, 7) is 11.0. The smallest absolute Gasteiger partial charge is 0.0431 e. The molecule has 102 valence electrons. The monoisotopic (exact) mass is 249 g/mol. The van der Waals surface area contributed by atoms with Gasteiger partial charge in [0.05, 0.1) is 0 Å². The molecule has 1 aromatic rings. The molecule has 0 aliphatic rings. The maximum Gasteiger partial charge on any atom is 0.0431 e. The van der Waals surface area contributed by atoms with E-state index < -0.39 is 0 Å². The normalized spacial score (nSPS) is 11.8. The summed E-state index contributed by atoms with van der Waals surface area (Å²) in [5, 5.41) is 12.4. The number of nitrogens with one attached hydrogen (secondary N) is 1. The van der Waals surface area contributed by atoms with Crippen LogP contribution in [0.4, 0.5) is 0 Å². The van der Waals surface area contributed by atoms with Crippen molar-refractivity contribution in [2.45, 2.75) is 47.1 Å². The topological polar surface area (TPSA) is 32.3 Å². The Hall–Kier alpha value is -0.860. The number of hydrogen-bond donors (Lipinski definition) is 2. The molecule has 0 aliphatic heterocycles. The summed E-state index contributed by atoms with van der Waals surface area (Å²) in [4.78, 5) is 0. The molecule has 0 fully saturated rings. The fraction of sp³-hybridized carbons (Fsp3) is 0.625. The van der Waals surface area contributed by atoms with Crippen molar-refractivity contribution in [1.29, 1.82) is 0 Å². The van der Waals surface area contributed by atoms with Crippen molar-refractivity contribution in [3.8, 4) is 0 Å². The number of aryl methyl sites for hydroxylation is 2. The van der Waals surface area contributed by atoms with E-state index in [1.807, 2.05) is 0 Å². The average molecular weight is 249 g/mol. The van der Waals surface area contributed by atoms with Crippen LogP contribution in [0.25, 0.3) is 0 Å². The fourth-order valence-corrected chi connectivity index (χ4v) is 2.36. The van der Waals surface area contributed by atoms with Crippen LogP contribution >= 0.6 is 0 Å². The Bertz CT molecular complexity index is 351. The van der Waals surface area contributed by atoms with E-state index in [-0.39, 0.29) is 5.41 Å². The van der Waals surface area contributed by atoms with Crippen molar-refractivity contribution in [2.75, 3.05) is 13.2 Å². The lowest BCUT2D eigenvalue weighted by Crippen LogP contribution is -2.29. The molecule has 0 heterocycles. The van der Waals surface area contributed by atoms with Gasteiger partial charge in [-0.2, -0.15) is 0 Å². The van der Waals surface area contributed by atoms with Crippen molar-refractivity contribution in [3.05, 3.63) is 34.9 Å². The molecular weight excluding hydrogens is 222 g/mol. The fourth-order valence-electron chi connectivity index (χ4n) is 2.36. The summed E-state index contributed by atoms with van der Waals surface area (Å²) in [5.74, 6) is 0. The summed E-state index contributed by atoms with van der Waals surface area (Å²) in [7, 11) is 0. The van der Waals surface area contributed by atoms with Gasteiger partial charge < -0.3 is 10.4 Å². The van der Waals surface area contributed by atoms with E-state index in [0.717, 1.165) is 25.9 Å². The predicted octanol–water partition coefficient (Wildman–Crippen LogP) is 3.19. The first kappa shape index (κ1) is 15.2. The summed E-state index contributed by atoms with van der Waals surface area (Å²) < 4.78 is 0. The third-order valence-electron chi connectivity index (χ3n) is 3.23. The van der Waals surface area contributed by atoms with Gasteiger partial charge in [-0.25, -0.2) is 0 Å². The van der Waals surface area contributed by atoms with E-state index in [2.05, 4.69) is 51.2 Å². The third kappa shape index (κ3) is 5.65. The third-order valence-corrected chi connectivity index (χ3v) is 3.23. The molecular formula is C16H27NO. The highest BCUT2D eigenvalue weighted by molar-refractivity contribution is 5.28. The van der Waals surface area contributed by atoms with Gasteiger partial charge in [-0.15, -0.1) is 0 Å². The second-order valence-electron chi connectivity index (χ2n) is 6.09. The molecule has 0 saturated carbocycles. The van der Waals surface area contributed by atoms with Crippen molar-refractivity contribution < 1.29 is 5.11 Å². The van der Waals surface area contributed by atoms with Crippen molar-refractivity contribution in [3.63, 3.8) is 0 Å². The van der Waals surface area contributed by atoms with Crippen LogP contribution in [0, 0.1) is 19.3 Å². The van der Waals surface area contributed by atoms with Gasteiger partial charge >= 0.3 is 0 Å². The van der Waals surface area contributed by atoms with Crippen LogP contribution in [-0.2, 0) is 6.54 Å². The lowest BCUT2D eigenvalue weighted by atomic mass is 9.88. The summed E-state index contributed by atoms with van der Waals surface area (Å²) in [5.41, 5.74) is 4.25. The Balaban J connectivity index is 2.41. The molecule has 0 unspecified atom stereocenters. The minimum atomic E-state index is 0.252. The molecule has 0 aliphatic carbocycles. The van der Waals surface area contributed by atoms with Crippen molar-refractivity contribution in [2.24, 2.45) is 5.41 Å². The number of hydrogen-bond acceptors (Lipinski definition) is 2. The molecule has 18 heavy (non-hydrogen) atoms. The van der Waals surface area contributed by atoms with Crippen LogP contribution in [-0.4, -0.2) is 18.3 Å². The molecule has 0 aromatic heterocycles. The van der Waals surface area contributed by atoms with Crippen LogP contribution in [0.3, 0.4) is 0 Å². The van der Waals surface area contributed by atoms with Crippen LogP contribution < -0.4 is 5.32 Å². The van der Waals surface area contributed by atoms with Gasteiger partial charge in [-0.3, -0.25) is 0 Å². The SMILES string of the molecule is Cc1cc(C)cc(CNCC(C)(C)CCCO)c1. The number of aliphatic hydroxyl groups excluding tert-OH is 1. The molecule has 0 atom stereocenters. The summed E-state index contributed by atoms with van der Waals surface area (Å²) in [6, 6.07) is 6.68. The second-order valence-corrected chi connectivity index (χ2v) is 6.09. The Labute approximate surface area is 111 Å². The van der Waals surface area contributed by atoms with E-state index >= 15 is 0 Å². The number of benzene rings is 1. The molecule has 0 bridgehead atoms. The van der Waals surface area contributed by atoms with Crippen LogP contribution in [0.5, 0.6) is 0 Å². The van der Waals surface area contributed by atoms with E-state index in [1.165, 1.54) is 16.7 Å². The van der Waals surface area contributed by atoms with Gasteiger partial charge in [0, 0.05) is 19.7 Å². The van der Waals surface area contributed by atoms with E-state index in [1.54, 1.807) is 0 Å². The van der Waals surface area contributed by atoms with Crippen molar-refractivity contribution >= 4 is 0 Å². The zero-order valence-electron chi connectivity index (χ0n) is 12.2. The maximum absolute atomic E-state index is 8.87. The lowest BCUT2D eigenvalue weighted by Gasteiger charge is -2.24. The van der Waals surface area contributed by atoms with Gasteiger partial charge in [0.25, 0.3) is 0 Å². The van der Waals surface area contributed by atoms with Gasteiger partial charge in [0.2, 0.25) is 0 Å². The predicted molar refractivity (Wildman–Crippen MR) is 77.7 cm³/mol. The minimum Gasteiger partial charge on any atom is -0.396 e. The van der Waals surface area contributed by atoms with Gasteiger partial charge in [0.1, 0.15) is 0 Å². The molecule has 1 rings (SSSR count). The maximum atomic E-state index is 8.87. The lowest BCUT2D eigenvalue weighted by molar-refractivity contribution is 0.236. The van der Waals surface area contributed by atoms with E-state index in [9.17, 15) is 0 Å². The molecule has 0 saturated heterocycles. The molecule has 1 aromatic carbocycles. The van der Waals surface area contributed by atoms with Crippen LogP contribution in [0.15, 0.2) is 18.2 Å². The zero-order chi connectivity index (χ0) is 13.6. The highest BCUT2D eigenvalue weighted by Crippen LogP contribution is 2.21. The Morgan fingerprint density at radius 3 is 2.28 bits per heavy atom. The zero-order valence-corrected chi connectivity index (χ0v) is 12.2. The first-order valence-corrected chi connectivity index (χ1v) is 6.82. The average Bonchev–Trinajstić information content (AvgIpc) is 2.25. The quantitative estimate of drug-likeness (QED) is 0.778.